The molecule has 2 unspecified atom stereocenters. The molecule has 120 valence electrons. The van der Waals surface area contributed by atoms with Crippen LogP contribution in [-0.4, -0.2) is 46.1 Å². The Morgan fingerprint density at radius 2 is 2.24 bits per heavy atom. The van der Waals surface area contributed by atoms with Gasteiger partial charge >= 0.3 is 0 Å². The summed E-state index contributed by atoms with van der Waals surface area (Å²) in [5, 5.41) is 3.07. The summed E-state index contributed by atoms with van der Waals surface area (Å²) in [6, 6.07) is 1.78. The Hall–Kier alpha value is -0.470. The van der Waals surface area contributed by atoms with Gasteiger partial charge in [-0.1, -0.05) is 6.92 Å². The van der Waals surface area contributed by atoms with Crippen molar-refractivity contribution in [1.29, 1.82) is 0 Å². The molecule has 0 aliphatic carbocycles. The lowest BCUT2D eigenvalue weighted by Crippen LogP contribution is -2.46. The Kier molecular flexibility index (Phi) is 5.43. The van der Waals surface area contributed by atoms with Gasteiger partial charge in [0.25, 0.3) is 10.0 Å². The molecule has 2 heterocycles. The second kappa shape index (κ2) is 6.75. The summed E-state index contributed by atoms with van der Waals surface area (Å²) in [4.78, 5) is 1.07. The first-order chi connectivity index (χ1) is 9.90. The second-order valence-electron chi connectivity index (χ2n) is 5.61. The van der Waals surface area contributed by atoms with Crippen LogP contribution in [0.2, 0.25) is 0 Å². The SMILES string of the molecule is CNCc1sc(S(=O)(=O)N2CCC(C)C(OC)C2)cc1C. The molecular weight excluding hydrogens is 308 g/mol. The number of nitrogens with zero attached hydrogens (tertiary/aromatic N) is 1. The van der Waals surface area contributed by atoms with Crippen molar-refractivity contribution in [3.8, 4) is 0 Å². The predicted octanol–water partition coefficient (Wildman–Crippen LogP) is 1.82. The summed E-state index contributed by atoms with van der Waals surface area (Å²) in [6.07, 6.45) is 0.817. The van der Waals surface area contributed by atoms with Crippen LogP contribution in [0.3, 0.4) is 0 Å². The summed E-state index contributed by atoms with van der Waals surface area (Å²) in [6.45, 7) is 5.78. The fraction of sp³-hybridized carbons (Fsp3) is 0.714. The van der Waals surface area contributed by atoms with Crippen molar-refractivity contribution in [3.05, 3.63) is 16.5 Å². The number of ether oxygens (including phenoxy) is 1. The van der Waals surface area contributed by atoms with Gasteiger partial charge in [-0.05, 0) is 37.9 Å². The highest BCUT2D eigenvalue weighted by atomic mass is 32.2. The number of sulfonamides is 1. The van der Waals surface area contributed by atoms with Gasteiger partial charge in [0.1, 0.15) is 4.21 Å². The van der Waals surface area contributed by atoms with E-state index in [9.17, 15) is 8.42 Å². The van der Waals surface area contributed by atoms with Gasteiger partial charge in [0.15, 0.2) is 0 Å². The molecule has 2 rings (SSSR count). The summed E-state index contributed by atoms with van der Waals surface area (Å²) >= 11 is 1.36. The van der Waals surface area contributed by atoms with Crippen LogP contribution in [0, 0.1) is 12.8 Å². The molecule has 0 radical (unpaired) electrons. The minimum atomic E-state index is -3.40. The molecule has 2 atom stereocenters. The van der Waals surface area contributed by atoms with E-state index in [0.717, 1.165) is 16.9 Å². The molecule has 7 heteroatoms. The average Bonchev–Trinajstić information content (AvgIpc) is 2.82. The predicted molar refractivity (Wildman–Crippen MR) is 85.2 cm³/mol. The van der Waals surface area contributed by atoms with Gasteiger partial charge in [-0.25, -0.2) is 8.42 Å². The van der Waals surface area contributed by atoms with Crippen LogP contribution >= 0.6 is 11.3 Å². The third-order valence-electron chi connectivity index (χ3n) is 4.08. The molecule has 21 heavy (non-hydrogen) atoms. The first kappa shape index (κ1) is 16.9. The number of aryl methyl sites for hydroxylation is 1. The van der Waals surface area contributed by atoms with E-state index < -0.39 is 10.0 Å². The monoisotopic (exact) mass is 332 g/mol. The fourth-order valence-electron chi connectivity index (χ4n) is 2.61. The molecule has 0 aromatic carbocycles. The maximum absolute atomic E-state index is 12.8. The molecule has 1 aromatic rings. The zero-order valence-electron chi connectivity index (χ0n) is 13.0. The number of rotatable bonds is 5. The van der Waals surface area contributed by atoms with E-state index >= 15 is 0 Å². The summed E-state index contributed by atoms with van der Waals surface area (Å²) in [7, 11) is 0.110. The first-order valence-corrected chi connectivity index (χ1v) is 9.42. The Labute approximate surface area is 131 Å². The fourth-order valence-corrected chi connectivity index (χ4v) is 5.83. The highest BCUT2D eigenvalue weighted by Gasteiger charge is 2.34. The highest BCUT2D eigenvalue weighted by Crippen LogP contribution is 2.31. The van der Waals surface area contributed by atoms with Crippen LogP contribution in [0.5, 0.6) is 0 Å². The molecule has 1 aliphatic heterocycles. The number of hydrogen-bond donors (Lipinski definition) is 1. The van der Waals surface area contributed by atoms with Crippen molar-refractivity contribution in [2.45, 2.75) is 37.1 Å². The van der Waals surface area contributed by atoms with Crippen LogP contribution < -0.4 is 5.32 Å². The number of thiophene rings is 1. The topological polar surface area (TPSA) is 58.6 Å². The van der Waals surface area contributed by atoms with E-state index in [1.807, 2.05) is 14.0 Å². The van der Waals surface area contributed by atoms with Gasteiger partial charge in [-0.3, -0.25) is 0 Å². The van der Waals surface area contributed by atoms with Gasteiger partial charge < -0.3 is 10.1 Å². The molecule has 1 N–H and O–H groups in total. The largest absolute Gasteiger partial charge is 0.380 e. The van der Waals surface area contributed by atoms with E-state index in [1.165, 1.54) is 11.3 Å². The second-order valence-corrected chi connectivity index (χ2v) is 8.91. The van der Waals surface area contributed by atoms with Gasteiger partial charge in [0, 0.05) is 31.6 Å². The lowest BCUT2D eigenvalue weighted by molar-refractivity contribution is 0.0184. The molecule has 1 aliphatic rings. The normalized spacial score (nSPS) is 24.4. The highest BCUT2D eigenvalue weighted by molar-refractivity contribution is 7.91. The van der Waals surface area contributed by atoms with Crippen molar-refractivity contribution >= 4 is 21.4 Å². The minimum Gasteiger partial charge on any atom is -0.380 e. The average molecular weight is 332 g/mol. The van der Waals surface area contributed by atoms with Crippen molar-refractivity contribution in [1.82, 2.24) is 9.62 Å². The molecule has 0 amide bonds. The molecule has 1 aromatic heterocycles. The zero-order valence-corrected chi connectivity index (χ0v) is 14.7. The van der Waals surface area contributed by atoms with Gasteiger partial charge in [0.05, 0.1) is 6.10 Å². The van der Waals surface area contributed by atoms with Crippen LogP contribution in [0.25, 0.3) is 0 Å². The van der Waals surface area contributed by atoms with E-state index in [1.54, 1.807) is 17.5 Å². The minimum absolute atomic E-state index is 0.0219. The van der Waals surface area contributed by atoms with Gasteiger partial charge in [-0.15, -0.1) is 11.3 Å². The summed E-state index contributed by atoms with van der Waals surface area (Å²) in [5.41, 5.74) is 1.03. The van der Waals surface area contributed by atoms with Crippen molar-refractivity contribution in [3.63, 3.8) is 0 Å². The maximum Gasteiger partial charge on any atom is 0.252 e. The van der Waals surface area contributed by atoms with Crippen LogP contribution in [0.1, 0.15) is 23.8 Å². The van der Waals surface area contributed by atoms with Crippen LogP contribution in [0.4, 0.5) is 0 Å². The number of hydrogen-bond acceptors (Lipinski definition) is 5. The van der Waals surface area contributed by atoms with Crippen LogP contribution in [-0.2, 0) is 21.3 Å². The third kappa shape index (κ3) is 3.48. The van der Waals surface area contributed by atoms with Crippen molar-refractivity contribution in [2.75, 3.05) is 27.2 Å². The standard InChI is InChI=1S/C14H24N2O3S2/c1-10-5-6-16(9-12(10)19-4)21(17,18)14-7-11(2)13(20-14)8-15-3/h7,10,12,15H,5-6,8-9H2,1-4H3. The summed E-state index contributed by atoms with van der Waals surface area (Å²) in [5.74, 6) is 0.395. The zero-order chi connectivity index (χ0) is 15.6. The van der Waals surface area contributed by atoms with E-state index in [0.29, 0.717) is 29.8 Å². The first-order valence-electron chi connectivity index (χ1n) is 7.17. The Morgan fingerprint density at radius 3 is 2.86 bits per heavy atom. The Balaban J connectivity index is 2.23. The van der Waals surface area contributed by atoms with Crippen molar-refractivity contribution in [2.24, 2.45) is 5.92 Å². The smallest absolute Gasteiger partial charge is 0.252 e. The molecule has 0 spiro atoms. The molecule has 0 bridgehead atoms. The maximum atomic E-state index is 12.8. The molecule has 1 saturated heterocycles. The van der Waals surface area contributed by atoms with Gasteiger partial charge in [0.2, 0.25) is 0 Å². The van der Waals surface area contributed by atoms with Gasteiger partial charge in [-0.2, -0.15) is 4.31 Å². The lowest BCUT2D eigenvalue weighted by Gasteiger charge is -2.35. The third-order valence-corrected chi connectivity index (χ3v) is 7.64. The number of nitrogens with one attached hydrogen (secondary N) is 1. The lowest BCUT2D eigenvalue weighted by atomic mass is 9.97. The molecule has 5 nitrogen and oxygen atoms in total. The van der Waals surface area contributed by atoms with Crippen molar-refractivity contribution < 1.29 is 13.2 Å². The molecule has 0 saturated carbocycles. The number of piperidine rings is 1. The number of methoxy groups -OCH3 is 1. The van der Waals surface area contributed by atoms with E-state index in [2.05, 4.69) is 12.2 Å². The Morgan fingerprint density at radius 1 is 1.52 bits per heavy atom. The molecular formula is C14H24N2O3S2. The summed E-state index contributed by atoms with van der Waals surface area (Å²) < 4.78 is 33.0. The molecule has 1 fully saturated rings. The van der Waals surface area contributed by atoms with Crippen LogP contribution in [0.15, 0.2) is 10.3 Å². The quantitative estimate of drug-likeness (QED) is 0.893. The van der Waals surface area contributed by atoms with E-state index in [-0.39, 0.29) is 6.10 Å². The van der Waals surface area contributed by atoms with E-state index in [4.69, 9.17) is 4.74 Å². The Bertz CT molecular complexity index is 583.